The lowest BCUT2D eigenvalue weighted by Crippen LogP contribution is -2.14. The van der Waals surface area contributed by atoms with Crippen LogP contribution in [0.1, 0.15) is 48.5 Å². The van der Waals surface area contributed by atoms with Gasteiger partial charge in [-0.05, 0) is 37.3 Å². The zero-order valence-electron chi connectivity index (χ0n) is 11.1. The standard InChI is InChI=1S/C15H16F4O/c1-2-9-3-4-10(7-9)14(20)11-5-6-12(13(16)8-11)15(17,18)19/h5-6,8-10H,2-4,7H2,1H3. The molecule has 1 fully saturated rings. The van der Waals surface area contributed by atoms with Gasteiger partial charge in [0.25, 0.3) is 0 Å². The van der Waals surface area contributed by atoms with Crippen LogP contribution >= 0.6 is 0 Å². The predicted molar refractivity (Wildman–Crippen MR) is 66.9 cm³/mol. The molecule has 0 N–H and O–H groups in total. The van der Waals surface area contributed by atoms with Crippen LogP contribution in [0.15, 0.2) is 18.2 Å². The Morgan fingerprint density at radius 3 is 2.50 bits per heavy atom. The SMILES string of the molecule is CCC1CCC(C(=O)c2ccc(C(F)(F)F)c(F)c2)C1. The molecule has 0 heterocycles. The summed E-state index contributed by atoms with van der Waals surface area (Å²) in [7, 11) is 0. The number of carbonyl (C=O) groups excluding carboxylic acids is 1. The highest BCUT2D eigenvalue weighted by Gasteiger charge is 2.35. The van der Waals surface area contributed by atoms with Crippen molar-refractivity contribution in [2.45, 2.75) is 38.8 Å². The molecule has 0 radical (unpaired) electrons. The summed E-state index contributed by atoms with van der Waals surface area (Å²) in [6.45, 7) is 2.05. The molecular formula is C15H16F4O. The summed E-state index contributed by atoms with van der Waals surface area (Å²) in [5.74, 6) is -1.32. The summed E-state index contributed by atoms with van der Waals surface area (Å²) in [4.78, 5) is 12.2. The van der Waals surface area contributed by atoms with E-state index in [2.05, 4.69) is 6.92 Å². The maximum absolute atomic E-state index is 13.5. The van der Waals surface area contributed by atoms with E-state index in [1.54, 1.807) is 0 Å². The number of ketones is 1. The Labute approximate surface area is 115 Å². The fraction of sp³-hybridized carbons (Fsp3) is 0.533. The topological polar surface area (TPSA) is 17.1 Å². The Bertz CT molecular complexity index is 507. The maximum atomic E-state index is 13.5. The van der Waals surface area contributed by atoms with Gasteiger partial charge in [0.1, 0.15) is 5.82 Å². The molecule has 0 saturated heterocycles. The number of Topliss-reactive ketones (excluding diaryl/α,β-unsaturated/α-hetero) is 1. The molecule has 2 rings (SSSR count). The van der Waals surface area contributed by atoms with E-state index in [1.165, 1.54) is 0 Å². The lowest BCUT2D eigenvalue weighted by atomic mass is 9.94. The number of benzene rings is 1. The molecule has 0 bridgehead atoms. The van der Waals surface area contributed by atoms with Crippen LogP contribution in [0, 0.1) is 17.7 Å². The molecule has 1 aliphatic carbocycles. The Morgan fingerprint density at radius 1 is 1.30 bits per heavy atom. The zero-order chi connectivity index (χ0) is 14.9. The van der Waals surface area contributed by atoms with Crippen molar-refractivity contribution in [1.82, 2.24) is 0 Å². The smallest absolute Gasteiger partial charge is 0.294 e. The van der Waals surface area contributed by atoms with Crippen LogP contribution in [0.25, 0.3) is 0 Å². The van der Waals surface area contributed by atoms with E-state index in [9.17, 15) is 22.4 Å². The number of hydrogen-bond donors (Lipinski definition) is 0. The first-order chi connectivity index (χ1) is 9.32. The minimum absolute atomic E-state index is 0.0391. The second kappa shape index (κ2) is 5.54. The van der Waals surface area contributed by atoms with Gasteiger partial charge in [-0.25, -0.2) is 4.39 Å². The lowest BCUT2D eigenvalue weighted by molar-refractivity contribution is -0.140. The molecule has 2 atom stereocenters. The second-order valence-corrected chi connectivity index (χ2v) is 5.34. The third-order valence-corrected chi connectivity index (χ3v) is 4.05. The number of hydrogen-bond acceptors (Lipinski definition) is 1. The van der Waals surface area contributed by atoms with E-state index in [4.69, 9.17) is 0 Å². The van der Waals surface area contributed by atoms with Crippen LogP contribution in [0.3, 0.4) is 0 Å². The third-order valence-electron chi connectivity index (χ3n) is 4.05. The summed E-state index contributed by atoms with van der Waals surface area (Å²) in [5.41, 5.74) is -1.29. The van der Waals surface area contributed by atoms with Crippen LogP contribution in [0.4, 0.5) is 17.6 Å². The van der Waals surface area contributed by atoms with Gasteiger partial charge in [-0.15, -0.1) is 0 Å². The molecule has 20 heavy (non-hydrogen) atoms. The number of halogens is 4. The quantitative estimate of drug-likeness (QED) is 0.574. The third kappa shape index (κ3) is 3.02. The minimum Gasteiger partial charge on any atom is -0.294 e. The molecule has 1 saturated carbocycles. The van der Waals surface area contributed by atoms with E-state index < -0.39 is 17.6 Å². The summed E-state index contributed by atoms with van der Waals surface area (Å²) in [6.07, 6.45) is -1.30. The van der Waals surface area contributed by atoms with Crippen LogP contribution < -0.4 is 0 Å². The molecule has 1 aromatic rings. The Balaban J connectivity index is 2.18. The average Bonchev–Trinajstić information content (AvgIpc) is 2.85. The Morgan fingerprint density at radius 2 is 2.00 bits per heavy atom. The van der Waals surface area contributed by atoms with Crippen molar-refractivity contribution in [1.29, 1.82) is 0 Å². The van der Waals surface area contributed by atoms with Gasteiger partial charge < -0.3 is 0 Å². The van der Waals surface area contributed by atoms with Crippen molar-refractivity contribution in [3.8, 4) is 0 Å². The van der Waals surface area contributed by atoms with Crippen molar-refractivity contribution in [3.05, 3.63) is 35.1 Å². The molecule has 110 valence electrons. The number of alkyl halides is 3. The molecule has 0 aliphatic heterocycles. The average molecular weight is 288 g/mol. The van der Waals surface area contributed by atoms with Crippen LogP contribution in [0.5, 0.6) is 0 Å². The van der Waals surface area contributed by atoms with Crippen molar-refractivity contribution in [2.24, 2.45) is 11.8 Å². The van der Waals surface area contributed by atoms with Crippen LogP contribution in [-0.2, 0) is 6.18 Å². The second-order valence-electron chi connectivity index (χ2n) is 5.34. The van der Waals surface area contributed by atoms with Gasteiger partial charge in [-0.1, -0.05) is 19.4 Å². The molecule has 0 amide bonds. The first-order valence-corrected chi connectivity index (χ1v) is 6.74. The predicted octanol–water partition coefficient (Wildman–Crippen LogP) is 4.85. The van der Waals surface area contributed by atoms with Gasteiger partial charge in [0.2, 0.25) is 0 Å². The summed E-state index contributed by atoms with van der Waals surface area (Å²) >= 11 is 0. The number of carbonyl (C=O) groups is 1. The molecule has 1 nitrogen and oxygen atoms in total. The number of rotatable bonds is 3. The highest BCUT2D eigenvalue weighted by atomic mass is 19.4. The van der Waals surface area contributed by atoms with E-state index in [-0.39, 0.29) is 17.3 Å². The fourth-order valence-corrected chi connectivity index (χ4v) is 2.82. The van der Waals surface area contributed by atoms with E-state index in [1.807, 2.05) is 0 Å². The van der Waals surface area contributed by atoms with Gasteiger partial charge in [-0.2, -0.15) is 13.2 Å². The normalized spacial score (nSPS) is 23.1. The van der Waals surface area contributed by atoms with Crippen molar-refractivity contribution >= 4 is 5.78 Å². The molecule has 5 heteroatoms. The molecule has 2 unspecified atom stereocenters. The van der Waals surface area contributed by atoms with Crippen LogP contribution in [0.2, 0.25) is 0 Å². The lowest BCUT2D eigenvalue weighted by Gasteiger charge is -2.12. The van der Waals surface area contributed by atoms with Gasteiger partial charge in [0.05, 0.1) is 5.56 Å². The first-order valence-electron chi connectivity index (χ1n) is 6.74. The van der Waals surface area contributed by atoms with Crippen molar-refractivity contribution in [3.63, 3.8) is 0 Å². The summed E-state index contributed by atoms with van der Waals surface area (Å²) in [6, 6.07) is 2.44. The van der Waals surface area contributed by atoms with Gasteiger partial charge in [0.15, 0.2) is 5.78 Å². The Kier molecular flexibility index (Phi) is 4.16. The van der Waals surface area contributed by atoms with Crippen molar-refractivity contribution in [2.75, 3.05) is 0 Å². The largest absolute Gasteiger partial charge is 0.419 e. The minimum atomic E-state index is -4.73. The van der Waals surface area contributed by atoms with Gasteiger partial charge >= 0.3 is 6.18 Å². The fourth-order valence-electron chi connectivity index (χ4n) is 2.82. The monoisotopic (exact) mass is 288 g/mol. The van der Waals surface area contributed by atoms with Crippen LogP contribution in [-0.4, -0.2) is 5.78 Å². The van der Waals surface area contributed by atoms with Gasteiger partial charge in [-0.3, -0.25) is 4.79 Å². The highest BCUT2D eigenvalue weighted by molar-refractivity contribution is 5.98. The van der Waals surface area contributed by atoms with Crippen molar-refractivity contribution < 1.29 is 22.4 Å². The molecule has 1 aliphatic rings. The molecule has 1 aromatic carbocycles. The zero-order valence-corrected chi connectivity index (χ0v) is 11.1. The van der Waals surface area contributed by atoms with E-state index in [0.717, 1.165) is 31.7 Å². The van der Waals surface area contributed by atoms with E-state index in [0.29, 0.717) is 18.1 Å². The molecule has 0 spiro atoms. The molecular weight excluding hydrogens is 272 g/mol. The maximum Gasteiger partial charge on any atom is 0.419 e. The Hall–Kier alpha value is -1.39. The molecule has 0 aromatic heterocycles. The summed E-state index contributed by atoms with van der Waals surface area (Å²) < 4.78 is 50.8. The van der Waals surface area contributed by atoms with E-state index >= 15 is 0 Å². The first kappa shape index (κ1) is 15.0. The summed E-state index contributed by atoms with van der Waals surface area (Å²) in [5, 5.41) is 0. The van der Waals surface area contributed by atoms with Gasteiger partial charge in [0, 0.05) is 11.5 Å². The highest BCUT2D eigenvalue weighted by Crippen LogP contribution is 2.36.